The minimum Gasteiger partial charge on any atom is -0.447 e. The van der Waals surface area contributed by atoms with Crippen LogP contribution in [0.3, 0.4) is 0 Å². The van der Waals surface area contributed by atoms with Crippen LogP contribution in [0.2, 0.25) is 0 Å². The summed E-state index contributed by atoms with van der Waals surface area (Å²) in [5.74, 6) is -1.13. The molecule has 0 bridgehead atoms. The van der Waals surface area contributed by atoms with E-state index in [4.69, 9.17) is 4.74 Å². The molecular weight excluding hydrogens is 450 g/mol. The molecule has 160 valence electrons. The molecule has 1 unspecified atom stereocenters. The standard InChI is InChI=1S/C22H26BrN3O4/c1-5-18(23)30-22(29)15-7-6-8-16(11-15)26-20(27)17-10-9-14(4)25-19(17)21(28)24-12-13(2)3/h6-11,13,18H,5,12H2,1-4H3,(H,24,28)(H,26,27). The molecule has 1 heterocycles. The number of alkyl halides is 1. The third-order valence-electron chi connectivity index (χ3n) is 4.08. The molecule has 7 nitrogen and oxygen atoms in total. The number of carbonyl (C=O) groups is 3. The maximum Gasteiger partial charge on any atom is 0.339 e. The molecule has 2 N–H and O–H groups in total. The maximum absolute atomic E-state index is 12.8. The molecule has 0 saturated carbocycles. The Kier molecular flexibility index (Phi) is 8.53. The molecule has 0 radical (unpaired) electrons. The fraction of sp³-hybridized carbons (Fsp3) is 0.364. The van der Waals surface area contributed by atoms with Gasteiger partial charge in [0.2, 0.25) is 0 Å². The summed E-state index contributed by atoms with van der Waals surface area (Å²) < 4.78 is 5.24. The lowest BCUT2D eigenvalue weighted by molar-refractivity contribution is 0.0464. The number of amides is 2. The Labute approximate surface area is 184 Å². The van der Waals surface area contributed by atoms with Gasteiger partial charge in [0.25, 0.3) is 11.8 Å². The number of hydrogen-bond donors (Lipinski definition) is 2. The molecule has 1 aromatic carbocycles. The molecule has 0 aliphatic carbocycles. The van der Waals surface area contributed by atoms with Crippen molar-refractivity contribution in [2.75, 3.05) is 11.9 Å². The molecule has 2 aromatic rings. The summed E-state index contributed by atoms with van der Waals surface area (Å²) in [5.41, 5.74) is 1.56. The lowest BCUT2D eigenvalue weighted by Gasteiger charge is -2.13. The van der Waals surface area contributed by atoms with Crippen LogP contribution >= 0.6 is 15.9 Å². The number of carbonyl (C=O) groups excluding carboxylic acids is 3. The molecule has 8 heteroatoms. The third kappa shape index (κ3) is 6.66. The van der Waals surface area contributed by atoms with Gasteiger partial charge in [-0.05, 0) is 65.5 Å². The van der Waals surface area contributed by atoms with E-state index < -0.39 is 17.8 Å². The van der Waals surface area contributed by atoms with Gasteiger partial charge in [-0.3, -0.25) is 9.59 Å². The second kappa shape index (κ2) is 10.9. The minimum absolute atomic E-state index is 0.0637. The fourth-order valence-corrected chi connectivity index (χ4v) is 2.65. The van der Waals surface area contributed by atoms with Crippen LogP contribution in [-0.2, 0) is 4.74 Å². The van der Waals surface area contributed by atoms with E-state index in [1.807, 2.05) is 20.8 Å². The highest BCUT2D eigenvalue weighted by Crippen LogP contribution is 2.17. The number of benzene rings is 1. The monoisotopic (exact) mass is 475 g/mol. The Morgan fingerprint density at radius 3 is 2.53 bits per heavy atom. The van der Waals surface area contributed by atoms with Crippen molar-refractivity contribution < 1.29 is 19.1 Å². The van der Waals surface area contributed by atoms with Crippen LogP contribution in [0.25, 0.3) is 0 Å². The van der Waals surface area contributed by atoms with Crippen LogP contribution < -0.4 is 10.6 Å². The van der Waals surface area contributed by atoms with E-state index in [0.717, 1.165) is 0 Å². The zero-order valence-electron chi connectivity index (χ0n) is 17.5. The SMILES string of the molecule is CCC(Br)OC(=O)c1cccc(NC(=O)c2ccc(C)nc2C(=O)NCC(C)C)c1. The van der Waals surface area contributed by atoms with Gasteiger partial charge in [-0.15, -0.1) is 0 Å². The number of anilines is 1. The summed E-state index contributed by atoms with van der Waals surface area (Å²) in [6.45, 7) is 8.07. The second-order valence-electron chi connectivity index (χ2n) is 7.21. The van der Waals surface area contributed by atoms with Crippen molar-refractivity contribution in [2.45, 2.75) is 39.1 Å². The Bertz CT molecular complexity index is 930. The number of ether oxygens (including phenoxy) is 1. The van der Waals surface area contributed by atoms with Crippen LogP contribution in [0.4, 0.5) is 5.69 Å². The van der Waals surface area contributed by atoms with Crippen LogP contribution in [0.5, 0.6) is 0 Å². The number of nitrogens with zero attached hydrogens (tertiary/aromatic N) is 1. The predicted molar refractivity (Wildman–Crippen MR) is 119 cm³/mol. The Morgan fingerprint density at radius 2 is 1.87 bits per heavy atom. The molecule has 0 fully saturated rings. The number of hydrogen-bond acceptors (Lipinski definition) is 5. The van der Waals surface area contributed by atoms with Crippen molar-refractivity contribution >= 4 is 39.4 Å². The highest BCUT2D eigenvalue weighted by Gasteiger charge is 2.20. The first-order chi connectivity index (χ1) is 14.2. The number of esters is 1. The largest absolute Gasteiger partial charge is 0.447 e. The first-order valence-electron chi connectivity index (χ1n) is 9.73. The highest BCUT2D eigenvalue weighted by molar-refractivity contribution is 9.09. The molecule has 1 atom stereocenters. The summed E-state index contributed by atoms with van der Waals surface area (Å²) in [6.07, 6.45) is 0.629. The summed E-state index contributed by atoms with van der Waals surface area (Å²) in [5, 5.41) is 5.13. The Morgan fingerprint density at radius 1 is 1.13 bits per heavy atom. The molecule has 2 rings (SSSR count). The van der Waals surface area contributed by atoms with Crippen molar-refractivity contribution in [3.63, 3.8) is 0 Å². The van der Waals surface area contributed by atoms with Crippen LogP contribution in [0.15, 0.2) is 36.4 Å². The van der Waals surface area contributed by atoms with Crippen molar-refractivity contribution in [1.29, 1.82) is 0 Å². The van der Waals surface area contributed by atoms with Gasteiger partial charge in [-0.2, -0.15) is 0 Å². The van der Waals surface area contributed by atoms with Crippen LogP contribution in [-0.4, -0.2) is 34.3 Å². The van der Waals surface area contributed by atoms with Crippen molar-refractivity contribution in [3.05, 3.63) is 58.9 Å². The lowest BCUT2D eigenvalue weighted by Crippen LogP contribution is -2.30. The van der Waals surface area contributed by atoms with Gasteiger partial charge in [0, 0.05) is 17.9 Å². The average molecular weight is 476 g/mol. The second-order valence-corrected chi connectivity index (χ2v) is 8.23. The van der Waals surface area contributed by atoms with E-state index in [9.17, 15) is 14.4 Å². The number of rotatable bonds is 8. The van der Waals surface area contributed by atoms with Gasteiger partial charge in [-0.1, -0.05) is 26.8 Å². The van der Waals surface area contributed by atoms with Crippen molar-refractivity contribution in [1.82, 2.24) is 10.3 Å². The smallest absolute Gasteiger partial charge is 0.339 e. The van der Waals surface area contributed by atoms with Crippen molar-refractivity contribution in [3.8, 4) is 0 Å². The number of pyridine rings is 1. The number of nitrogens with one attached hydrogen (secondary N) is 2. The fourth-order valence-electron chi connectivity index (χ4n) is 2.48. The molecule has 0 aliphatic heterocycles. The van der Waals surface area contributed by atoms with Crippen LogP contribution in [0, 0.1) is 12.8 Å². The van der Waals surface area contributed by atoms with E-state index >= 15 is 0 Å². The van der Waals surface area contributed by atoms with Crippen LogP contribution in [0.1, 0.15) is 64.1 Å². The van der Waals surface area contributed by atoms with Gasteiger partial charge in [-0.25, -0.2) is 9.78 Å². The van der Waals surface area contributed by atoms with Gasteiger partial charge < -0.3 is 15.4 Å². The Hall–Kier alpha value is -2.74. The zero-order chi connectivity index (χ0) is 22.3. The topological polar surface area (TPSA) is 97.4 Å². The molecule has 2 amide bonds. The van der Waals surface area contributed by atoms with Gasteiger partial charge in [0.1, 0.15) is 5.69 Å². The normalized spacial score (nSPS) is 11.7. The summed E-state index contributed by atoms with van der Waals surface area (Å²) in [7, 11) is 0. The maximum atomic E-state index is 12.8. The molecular formula is C22H26BrN3O4. The highest BCUT2D eigenvalue weighted by atomic mass is 79.9. The number of aryl methyl sites for hydroxylation is 1. The summed E-state index contributed by atoms with van der Waals surface area (Å²) >= 11 is 3.26. The molecule has 0 saturated heterocycles. The average Bonchev–Trinajstić information content (AvgIpc) is 2.71. The zero-order valence-corrected chi connectivity index (χ0v) is 19.1. The minimum atomic E-state index is -0.499. The predicted octanol–water partition coefficient (Wildman–Crippen LogP) is 4.32. The van der Waals surface area contributed by atoms with Crippen molar-refractivity contribution in [2.24, 2.45) is 5.92 Å². The van der Waals surface area contributed by atoms with Gasteiger partial charge in [0.15, 0.2) is 5.01 Å². The first-order valence-corrected chi connectivity index (χ1v) is 10.6. The molecule has 30 heavy (non-hydrogen) atoms. The Balaban J connectivity index is 2.21. The lowest BCUT2D eigenvalue weighted by atomic mass is 10.1. The van der Waals surface area contributed by atoms with E-state index in [2.05, 4.69) is 31.5 Å². The van der Waals surface area contributed by atoms with Gasteiger partial charge in [0.05, 0.1) is 11.1 Å². The third-order valence-corrected chi connectivity index (χ3v) is 4.91. The van der Waals surface area contributed by atoms with E-state index in [-0.39, 0.29) is 22.2 Å². The van der Waals surface area contributed by atoms with Gasteiger partial charge >= 0.3 is 5.97 Å². The van der Waals surface area contributed by atoms with E-state index in [1.165, 1.54) is 6.07 Å². The molecule has 0 spiro atoms. The van der Waals surface area contributed by atoms with E-state index in [1.54, 1.807) is 37.3 Å². The summed E-state index contributed by atoms with van der Waals surface area (Å²) in [4.78, 5) is 41.8. The quantitative estimate of drug-likeness (QED) is 0.437. The molecule has 0 aliphatic rings. The number of halogens is 1. The summed E-state index contributed by atoms with van der Waals surface area (Å²) in [6, 6.07) is 9.66. The molecule has 1 aromatic heterocycles. The van der Waals surface area contributed by atoms with E-state index in [0.29, 0.717) is 29.9 Å². The number of aromatic nitrogens is 1. The first kappa shape index (κ1) is 23.5.